The van der Waals surface area contributed by atoms with E-state index in [0.717, 1.165) is 65.8 Å². The van der Waals surface area contributed by atoms with Crippen LogP contribution in [0.15, 0.2) is 42.5 Å². The first kappa shape index (κ1) is 32.9. The molecule has 45 heavy (non-hydrogen) atoms. The fourth-order valence-corrected chi connectivity index (χ4v) is 7.40. The minimum Gasteiger partial charge on any atom is -0.493 e. The average Bonchev–Trinajstić information content (AvgIpc) is 3.71. The number of hydrogen-bond acceptors (Lipinski definition) is 5. The molecule has 0 saturated carbocycles. The zero-order valence-corrected chi connectivity index (χ0v) is 27.5. The fourth-order valence-electron chi connectivity index (χ4n) is 7.40. The Balaban J connectivity index is 1.40. The van der Waals surface area contributed by atoms with Gasteiger partial charge in [0, 0.05) is 62.2 Å². The fraction of sp³-hybridized carbons (Fsp3) is 0.583. The third-order valence-corrected chi connectivity index (χ3v) is 9.53. The first-order valence-corrected chi connectivity index (χ1v) is 16.7. The van der Waals surface area contributed by atoms with Gasteiger partial charge in [-0.3, -0.25) is 19.3 Å². The average molecular weight is 620 g/mol. The molecule has 3 atom stereocenters. The predicted octanol–water partition coefficient (Wildman–Crippen LogP) is 4.53. The summed E-state index contributed by atoms with van der Waals surface area (Å²) in [6, 6.07) is 14.0. The van der Waals surface area contributed by atoms with E-state index < -0.39 is 11.9 Å². The highest BCUT2D eigenvalue weighted by molar-refractivity contribution is 5.95. The van der Waals surface area contributed by atoms with Crippen molar-refractivity contribution in [3.8, 4) is 5.75 Å². The van der Waals surface area contributed by atoms with E-state index >= 15 is 0 Å². The van der Waals surface area contributed by atoms with E-state index in [4.69, 9.17) is 4.74 Å². The van der Waals surface area contributed by atoms with Crippen LogP contribution in [0, 0.1) is 5.92 Å². The Hall–Kier alpha value is -3.43. The van der Waals surface area contributed by atoms with Crippen molar-refractivity contribution in [2.24, 2.45) is 5.92 Å². The number of amides is 2. The van der Waals surface area contributed by atoms with Crippen molar-refractivity contribution in [3.05, 3.63) is 59.2 Å². The molecule has 244 valence electrons. The molecule has 3 aliphatic rings. The number of unbranched alkanes of at least 4 members (excludes halogenated alkanes) is 1. The molecule has 0 aliphatic carbocycles. The van der Waals surface area contributed by atoms with E-state index in [-0.39, 0.29) is 30.3 Å². The molecule has 0 aromatic heterocycles. The summed E-state index contributed by atoms with van der Waals surface area (Å²) in [7, 11) is 6.47. The molecule has 5 rings (SSSR count). The number of nitrogens with zero attached hydrogens (tertiary/aromatic N) is 4. The number of carbonyl (C=O) groups excluding carboxylic acids is 2. The molecule has 3 heterocycles. The van der Waals surface area contributed by atoms with Gasteiger partial charge in [0.05, 0.1) is 40.2 Å². The van der Waals surface area contributed by atoms with Gasteiger partial charge in [0.15, 0.2) is 0 Å². The molecule has 2 fully saturated rings. The Morgan fingerprint density at radius 1 is 1.09 bits per heavy atom. The molecule has 2 aromatic rings. The summed E-state index contributed by atoms with van der Waals surface area (Å²) < 4.78 is 6.51. The number of carboxylic acids is 1. The molecule has 0 bridgehead atoms. The van der Waals surface area contributed by atoms with Crippen LogP contribution >= 0.6 is 0 Å². The number of likely N-dealkylation sites (tertiary alicyclic amines) is 2. The highest BCUT2D eigenvalue weighted by Gasteiger charge is 2.47. The molecule has 2 saturated heterocycles. The summed E-state index contributed by atoms with van der Waals surface area (Å²) in [5, 5.41) is 10.6. The normalized spacial score (nSPS) is 21.6. The standard InChI is InChI=1S/C36H50N4O5/c1-5-6-19-39(29-11-7-10-26(21-29)25-40(2,3)4)34(42)24-38-23-30(27-14-15-32-28(22-27)16-20-45-32)35(36(43)44)31(38)12-8-17-37-18-9-13-33(37)41/h7,10-11,14-15,21-22,30-31,35H,5-6,8-9,12-13,16-20,23-25H2,1-4H3/p+1/t30-,31+,35-/m1/s1. The number of ether oxygens (including phenoxy) is 1. The van der Waals surface area contributed by atoms with Gasteiger partial charge < -0.3 is 24.1 Å². The van der Waals surface area contributed by atoms with E-state index in [0.29, 0.717) is 45.5 Å². The molecular weight excluding hydrogens is 568 g/mol. The molecule has 0 spiro atoms. The molecule has 0 unspecified atom stereocenters. The van der Waals surface area contributed by atoms with E-state index in [1.165, 1.54) is 5.56 Å². The maximum atomic E-state index is 14.2. The van der Waals surface area contributed by atoms with Gasteiger partial charge in [-0.1, -0.05) is 37.6 Å². The van der Waals surface area contributed by atoms with Gasteiger partial charge in [0.25, 0.3) is 0 Å². The molecule has 9 heteroatoms. The Labute approximate surface area is 268 Å². The number of aliphatic carboxylic acids is 1. The zero-order valence-electron chi connectivity index (χ0n) is 27.5. The van der Waals surface area contributed by atoms with Gasteiger partial charge in [-0.15, -0.1) is 0 Å². The Kier molecular flexibility index (Phi) is 10.5. The lowest BCUT2D eigenvalue weighted by molar-refractivity contribution is -0.884. The minimum atomic E-state index is -0.829. The molecular formula is C36H51N4O5+. The van der Waals surface area contributed by atoms with Crippen LogP contribution < -0.4 is 9.64 Å². The summed E-state index contributed by atoms with van der Waals surface area (Å²) in [6.07, 6.45) is 5.48. The molecule has 3 aliphatic heterocycles. The van der Waals surface area contributed by atoms with Crippen LogP contribution in [0.4, 0.5) is 5.69 Å². The van der Waals surface area contributed by atoms with E-state index in [1.807, 2.05) is 34.1 Å². The summed E-state index contributed by atoms with van der Waals surface area (Å²) >= 11 is 0. The third-order valence-electron chi connectivity index (χ3n) is 9.53. The van der Waals surface area contributed by atoms with Crippen LogP contribution in [0.2, 0.25) is 0 Å². The molecule has 2 amide bonds. The Morgan fingerprint density at radius 3 is 2.62 bits per heavy atom. The number of hydrogen-bond donors (Lipinski definition) is 1. The first-order chi connectivity index (χ1) is 21.5. The van der Waals surface area contributed by atoms with Crippen LogP contribution in [0.1, 0.15) is 68.1 Å². The van der Waals surface area contributed by atoms with Crippen molar-refractivity contribution >= 4 is 23.5 Å². The Morgan fingerprint density at radius 2 is 1.91 bits per heavy atom. The van der Waals surface area contributed by atoms with E-state index in [1.54, 1.807) is 0 Å². The molecule has 2 aromatic carbocycles. The highest BCUT2D eigenvalue weighted by atomic mass is 16.5. The van der Waals surface area contributed by atoms with E-state index in [9.17, 15) is 19.5 Å². The summed E-state index contributed by atoms with van der Waals surface area (Å²) in [5.74, 6) is -0.661. The summed E-state index contributed by atoms with van der Waals surface area (Å²) in [5.41, 5.74) is 4.19. The van der Waals surface area contributed by atoms with Crippen molar-refractivity contribution in [1.82, 2.24) is 9.80 Å². The number of rotatable bonds is 14. The smallest absolute Gasteiger partial charge is 0.308 e. The van der Waals surface area contributed by atoms with Gasteiger partial charge in [-0.2, -0.15) is 0 Å². The van der Waals surface area contributed by atoms with Gasteiger partial charge >= 0.3 is 5.97 Å². The number of carboxylic acid groups (broad SMARTS) is 1. The lowest BCUT2D eigenvalue weighted by Crippen LogP contribution is -2.45. The number of benzene rings is 2. The molecule has 0 radical (unpaired) electrons. The minimum absolute atomic E-state index is 0.00212. The summed E-state index contributed by atoms with van der Waals surface area (Å²) in [4.78, 5) is 45.4. The maximum Gasteiger partial charge on any atom is 0.308 e. The number of anilines is 1. The van der Waals surface area contributed by atoms with Crippen LogP contribution in [-0.4, -0.2) is 104 Å². The van der Waals surface area contributed by atoms with Gasteiger partial charge in [0.1, 0.15) is 12.3 Å². The number of fused-ring (bicyclic) bond motifs is 1. The van der Waals surface area contributed by atoms with Crippen LogP contribution in [-0.2, 0) is 27.3 Å². The van der Waals surface area contributed by atoms with Crippen LogP contribution in [0.5, 0.6) is 5.75 Å². The van der Waals surface area contributed by atoms with Gasteiger partial charge in [-0.25, -0.2) is 0 Å². The SMILES string of the molecule is CCCCN(C(=O)CN1C[C@H](c2ccc3c(c2)CCO3)[C@@H](C(=O)O)[C@@H]1CCCN1CCCC1=O)c1cccc(C[N+](C)(C)C)c1. The lowest BCUT2D eigenvalue weighted by Gasteiger charge is -2.30. The van der Waals surface area contributed by atoms with Crippen LogP contribution in [0.3, 0.4) is 0 Å². The first-order valence-electron chi connectivity index (χ1n) is 16.7. The quantitative estimate of drug-likeness (QED) is 0.313. The maximum absolute atomic E-state index is 14.2. The van der Waals surface area contributed by atoms with Gasteiger partial charge in [0.2, 0.25) is 11.8 Å². The lowest BCUT2D eigenvalue weighted by atomic mass is 9.83. The van der Waals surface area contributed by atoms with Gasteiger partial charge in [-0.05, 0) is 55.0 Å². The second-order valence-electron chi connectivity index (χ2n) is 14.1. The predicted molar refractivity (Wildman–Crippen MR) is 175 cm³/mol. The van der Waals surface area contributed by atoms with Crippen molar-refractivity contribution in [2.45, 2.75) is 70.4 Å². The molecule has 1 N–H and O–H groups in total. The van der Waals surface area contributed by atoms with E-state index in [2.05, 4.69) is 51.2 Å². The van der Waals surface area contributed by atoms with Crippen LogP contribution in [0.25, 0.3) is 0 Å². The largest absolute Gasteiger partial charge is 0.493 e. The van der Waals surface area contributed by atoms with Crippen molar-refractivity contribution in [3.63, 3.8) is 0 Å². The van der Waals surface area contributed by atoms with Crippen molar-refractivity contribution < 1.29 is 28.7 Å². The molecule has 9 nitrogen and oxygen atoms in total. The summed E-state index contributed by atoms with van der Waals surface area (Å²) in [6.45, 7) is 6.30. The zero-order chi connectivity index (χ0) is 32.1. The second kappa shape index (κ2) is 14.3. The highest BCUT2D eigenvalue weighted by Crippen LogP contribution is 2.41. The Bertz CT molecular complexity index is 1370. The third kappa shape index (κ3) is 8.05. The topological polar surface area (TPSA) is 90.4 Å². The van der Waals surface area contributed by atoms with Crippen molar-refractivity contribution in [2.75, 3.05) is 65.4 Å². The monoisotopic (exact) mass is 619 g/mol. The number of quaternary nitrogens is 1. The second-order valence-corrected chi connectivity index (χ2v) is 14.1. The number of carbonyl (C=O) groups is 3. The van der Waals surface area contributed by atoms with Crippen molar-refractivity contribution in [1.29, 1.82) is 0 Å².